The fourth-order valence-electron chi connectivity index (χ4n) is 1.35. The molecule has 0 aliphatic rings. The minimum absolute atomic E-state index is 0.0463. The van der Waals surface area contributed by atoms with Gasteiger partial charge in [0, 0.05) is 24.7 Å². The summed E-state index contributed by atoms with van der Waals surface area (Å²) in [6.07, 6.45) is 0.638. The van der Waals surface area contributed by atoms with Gasteiger partial charge in [-0.25, -0.2) is 0 Å². The largest absolute Gasteiger partial charge is 0.396 e. The Kier molecular flexibility index (Phi) is 6.60. The highest BCUT2D eigenvalue weighted by atomic mass is 16.3. The molecule has 0 aromatic carbocycles. The van der Waals surface area contributed by atoms with Crippen LogP contribution in [0.5, 0.6) is 0 Å². The molecule has 0 fully saturated rings. The average molecular weight is 230 g/mol. The van der Waals surface area contributed by atoms with Crippen LogP contribution in [0.2, 0.25) is 0 Å². The van der Waals surface area contributed by atoms with Crippen molar-refractivity contribution in [2.45, 2.75) is 52.6 Å². The monoisotopic (exact) mass is 230 g/mol. The molecule has 16 heavy (non-hydrogen) atoms. The van der Waals surface area contributed by atoms with E-state index in [1.807, 2.05) is 34.6 Å². The molecule has 0 spiro atoms. The van der Waals surface area contributed by atoms with Crippen LogP contribution in [-0.2, 0) is 4.79 Å². The van der Waals surface area contributed by atoms with E-state index in [-0.39, 0.29) is 24.1 Å². The van der Waals surface area contributed by atoms with Gasteiger partial charge >= 0.3 is 0 Å². The maximum Gasteiger partial charge on any atom is 0.236 e. The first-order chi connectivity index (χ1) is 7.28. The van der Waals surface area contributed by atoms with Crippen molar-refractivity contribution in [3.05, 3.63) is 0 Å². The van der Waals surface area contributed by atoms with E-state index >= 15 is 0 Å². The van der Waals surface area contributed by atoms with Crippen LogP contribution in [-0.4, -0.2) is 47.2 Å². The molecule has 0 aliphatic carbocycles. The van der Waals surface area contributed by atoms with Crippen LogP contribution in [0.1, 0.15) is 41.0 Å². The smallest absolute Gasteiger partial charge is 0.236 e. The van der Waals surface area contributed by atoms with E-state index in [2.05, 4.69) is 5.32 Å². The zero-order chi connectivity index (χ0) is 12.8. The van der Waals surface area contributed by atoms with E-state index in [1.54, 1.807) is 4.90 Å². The van der Waals surface area contributed by atoms with Gasteiger partial charge in [-0.15, -0.1) is 0 Å². The summed E-state index contributed by atoms with van der Waals surface area (Å²) >= 11 is 0. The molecule has 0 aromatic heterocycles. The average Bonchev–Trinajstić information content (AvgIpc) is 2.13. The molecule has 0 bridgehead atoms. The number of aliphatic hydroxyl groups excluding tert-OH is 1. The lowest BCUT2D eigenvalue weighted by Crippen LogP contribution is -2.47. The van der Waals surface area contributed by atoms with Crippen LogP contribution in [0.25, 0.3) is 0 Å². The van der Waals surface area contributed by atoms with E-state index in [9.17, 15) is 4.79 Å². The quantitative estimate of drug-likeness (QED) is 0.715. The first-order valence-corrected chi connectivity index (χ1v) is 5.93. The second-order valence-corrected chi connectivity index (χ2v) is 5.36. The number of carbonyl (C=O) groups excluding carboxylic acids is 1. The molecule has 4 heteroatoms. The number of amides is 1. The lowest BCUT2D eigenvalue weighted by atomic mass is 10.1. The Labute approximate surface area is 99.0 Å². The molecule has 0 aliphatic heterocycles. The summed E-state index contributed by atoms with van der Waals surface area (Å²) in [5.41, 5.74) is -0.0463. The normalized spacial score (nSPS) is 11.9. The third kappa shape index (κ3) is 6.80. The molecule has 0 heterocycles. The summed E-state index contributed by atoms with van der Waals surface area (Å²) in [7, 11) is 0. The van der Waals surface area contributed by atoms with Crippen LogP contribution < -0.4 is 5.32 Å². The van der Waals surface area contributed by atoms with Crippen LogP contribution >= 0.6 is 0 Å². The fourth-order valence-corrected chi connectivity index (χ4v) is 1.35. The minimum atomic E-state index is -0.0463. The molecule has 0 unspecified atom stereocenters. The second kappa shape index (κ2) is 6.86. The van der Waals surface area contributed by atoms with Gasteiger partial charge in [0.15, 0.2) is 0 Å². The number of aliphatic hydroxyl groups is 1. The van der Waals surface area contributed by atoms with Gasteiger partial charge in [0.2, 0.25) is 5.91 Å². The molecule has 4 nitrogen and oxygen atoms in total. The lowest BCUT2D eigenvalue weighted by molar-refractivity contribution is -0.132. The zero-order valence-electron chi connectivity index (χ0n) is 11.2. The molecular formula is C12H26N2O2. The van der Waals surface area contributed by atoms with Crippen LogP contribution in [0.3, 0.4) is 0 Å². The van der Waals surface area contributed by atoms with Gasteiger partial charge in [-0.3, -0.25) is 4.79 Å². The highest BCUT2D eigenvalue weighted by Crippen LogP contribution is 2.02. The Morgan fingerprint density at radius 1 is 1.38 bits per heavy atom. The van der Waals surface area contributed by atoms with Crippen molar-refractivity contribution < 1.29 is 9.90 Å². The molecule has 0 aromatic rings. The number of nitrogens with one attached hydrogen (secondary N) is 1. The van der Waals surface area contributed by atoms with Gasteiger partial charge in [0.1, 0.15) is 0 Å². The molecule has 0 rings (SSSR count). The van der Waals surface area contributed by atoms with Crippen molar-refractivity contribution in [3.8, 4) is 0 Å². The van der Waals surface area contributed by atoms with Crippen molar-refractivity contribution in [2.75, 3.05) is 19.7 Å². The number of carbonyl (C=O) groups is 1. The summed E-state index contributed by atoms with van der Waals surface area (Å²) in [5.74, 6) is 0.0957. The highest BCUT2D eigenvalue weighted by Gasteiger charge is 2.18. The number of nitrogens with zero attached hydrogens (tertiary/aromatic N) is 1. The Bertz CT molecular complexity index is 210. The summed E-state index contributed by atoms with van der Waals surface area (Å²) in [6.45, 7) is 11.2. The lowest BCUT2D eigenvalue weighted by Gasteiger charge is -2.29. The van der Waals surface area contributed by atoms with Gasteiger partial charge in [0.05, 0.1) is 6.54 Å². The molecule has 1 amide bonds. The van der Waals surface area contributed by atoms with E-state index in [0.717, 1.165) is 0 Å². The van der Waals surface area contributed by atoms with Gasteiger partial charge in [-0.05, 0) is 41.0 Å². The predicted octanol–water partition coefficient (Wildman–Crippen LogP) is 0.994. The summed E-state index contributed by atoms with van der Waals surface area (Å²) in [4.78, 5) is 13.7. The van der Waals surface area contributed by atoms with Crippen molar-refractivity contribution in [3.63, 3.8) is 0 Å². The van der Waals surface area contributed by atoms with E-state index in [0.29, 0.717) is 19.5 Å². The van der Waals surface area contributed by atoms with Crippen molar-refractivity contribution in [1.82, 2.24) is 10.2 Å². The van der Waals surface area contributed by atoms with Crippen molar-refractivity contribution >= 4 is 5.91 Å². The Morgan fingerprint density at radius 3 is 2.31 bits per heavy atom. The van der Waals surface area contributed by atoms with Gasteiger partial charge in [-0.2, -0.15) is 0 Å². The second-order valence-electron chi connectivity index (χ2n) is 5.36. The zero-order valence-corrected chi connectivity index (χ0v) is 11.2. The Hall–Kier alpha value is -0.610. The maximum absolute atomic E-state index is 11.9. The SMILES string of the molecule is CC(C)N(CCCO)C(=O)CNC(C)(C)C. The van der Waals surface area contributed by atoms with Gasteiger partial charge < -0.3 is 15.3 Å². The van der Waals surface area contributed by atoms with E-state index in [1.165, 1.54) is 0 Å². The molecule has 0 radical (unpaired) electrons. The molecular weight excluding hydrogens is 204 g/mol. The molecule has 0 saturated heterocycles. The summed E-state index contributed by atoms with van der Waals surface area (Å²) < 4.78 is 0. The molecule has 2 N–H and O–H groups in total. The van der Waals surface area contributed by atoms with E-state index in [4.69, 9.17) is 5.11 Å². The highest BCUT2D eigenvalue weighted by molar-refractivity contribution is 5.78. The first kappa shape index (κ1) is 15.4. The van der Waals surface area contributed by atoms with Crippen LogP contribution in [0.4, 0.5) is 0 Å². The first-order valence-electron chi connectivity index (χ1n) is 5.93. The predicted molar refractivity (Wildman–Crippen MR) is 66.3 cm³/mol. The Balaban J connectivity index is 4.17. The number of rotatable bonds is 6. The summed E-state index contributed by atoms with van der Waals surface area (Å²) in [6, 6.07) is 0.181. The number of hydrogen-bond acceptors (Lipinski definition) is 3. The molecule has 96 valence electrons. The van der Waals surface area contributed by atoms with Gasteiger partial charge in [0.25, 0.3) is 0 Å². The van der Waals surface area contributed by atoms with Crippen LogP contribution in [0, 0.1) is 0 Å². The third-order valence-electron chi connectivity index (χ3n) is 2.27. The minimum Gasteiger partial charge on any atom is -0.396 e. The topological polar surface area (TPSA) is 52.6 Å². The Morgan fingerprint density at radius 2 is 1.94 bits per heavy atom. The standard InChI is InChI=1S/C12H26N2O2/c1-10(2)14(7-6-8-15)11(16)9-13-12(3,4)5/h10,13,15H,6-9H2,1-5H3. The molecule has 0 saturated carbocycles. The van der Waals surface area contributed by atoms with E-state index < -0.39 is 0 Å². The van der Waals surface area contributed by atoms with Crippen molar-refractivity contribution in [1.29, 1.82) is 0 Å². The fraction of sp³-hybridized carbons (Fsp3) is 0.917. The number of hydrogen-bond donors (Lipinski definition) is 2. The van der Waals surface area contributed by atoms with Crippen LogP contribution in [0.15, 0.2) is 0 Å². The van der Waals surface area contributed by atoms with Crippen molar-refractivity contribution in [2.24, 2.45) is 0 Å². The maximum atomic E-state index is 11.9. The third-order valence-corrected chi connectivity index (χ3v) is 2.27. The molecule has 0 atom stereocenters. The summed E-state index contributed by atoms with van der Waals surface area (Å²) in [5, 5.41) is 12.0. The van der Waals surface area contributed by atoms with Gasteiger partial charge in [-0.1, -0.05) is 0 Å².